The van der Waals surface area contributed by atoms with Crippen LogP contribution in [0.15, 0.2) is 45.6 Å². The Bertz CT molecular complexity index is 1470. The average molecular weight is 595 g/mol. The SMILES string of the molecule is C[C@H]1O[C@@H](Oc2c(-c3ccc(O)cc3)oc3cc(O[C@H]4O[C@H](CO)[C@@H](O)[C@H](O)[C@H]4O)cc(O)c3c2=O)[C@H](O)[C@H](O)[C@H]1O. The molecule has 9 N–H and O–H groups in total. The highest BCUT2D eigenvalue weighted by atomic mass is 16.7. The molecule has 5 rings (SSSR count). The lowest BCUT2D eigenvalue weighted by Gasteiger charge is -2.39. The van der Waals surface area contributed by atoms with Crippen molar-refractivity contribution in [1.82, 2.24) is 0 Å². The molecule has 0 spiro atoms. The number of fused-ring (bicyclic) bond motifs is 1. The molecule has 10 atom stereocenters. The summed E-state index contributed by atoms with van der Waals surface area (Å²) in [6.45, 7) is 0.721. The van der Waals surface area contributed by atoms with Crippen molar-refractivity contribution in [3.05, 3.63) is 46.6 Å². The maximum absolute atomic E-state index is 13.7. The molecule has 0 aliphatic carbocycles. The minimum Gasteiger partial charge on any atom is -0.508 e. The van der Waals surface area contributed by atoms with Gasteiger partial charge < -0.3 is 69.3 Å². The Kier molecular flexibility index (Phi) is 8.30. The molecule has 1 aromatic heterocycles. The van der Waals surface area contributed by atoms with Crippen LogP contribution in [0.1, 0.15) is 6.92 Å². The molecule has 0 bridgehead atoms. The molecule has 42 heavy (non-hydrogen) atoms. The predicted octanol–water partition coefficient (Wildman–Crippen LogP) is -1.74. The van der Waals surface area contributed by atoms with Crippen LogP contribution >= 0.6 is 0 Å². The van der Waals surface area contributed by atoms with Crippen LogP contribution in [0, 0.1) is 0 Å². The number of benzene rings is 2. The minimum absolute atomic E-state index is 0.103. The fourth-order valence-corrected chi connectivity index (χ4v) is 4.76. The van der Waals surface area contributed by atoms with Gasteiger partial charge in [-0.25, -0.2) is 0 Å². The topological polar surface area (TPSA) is 249 Å². The molecule has 3 heterocycles. The molecule has 0 radical (unpaired) electrons. The van der Waals surface area contributed by atoms with Crippen LogP contribution < -0.4 is 14.9 Å². The van der Waals surface area contributed by atoms with Gasteiger partial charge in [0, 0.05) is 17.7 Å². The number of aromatic hydroxyl groups is 2. The minimum atomic E-state index is -1.78. The number of phenolic OH excluding ortho intramolecular Hbond substituents is 2. The summed E-state index contributed by atoms with van der Waals surface area (Å²) in [5, 5.41) is 90.6. The quantitative estimate of drug-likeness (QED) is 0.154. The van der Waals surface area contributed by atoms with Gasteiger partial charge in [-0.3, -0.25) is 4.79 Å². The molecular formula is C27H30O15. The van der Waals surface area contributed by atoms with Gasteiger partial charge in [0.15, 0.2) is 5.76 Å². The summed E-state index contributed by atoms with van der Waals surface area (Å²) in [6.07, 6.45) is -15.5. The van der Waals surface area contributed by atoms with Gasteiger partial charge in [0.05, 0.1) is 12.7 Å². The van der Waals surface area contributed by atoms with Gasteiger partial charge in [-0.05, 0) is 31.2 Å². The number of hydrogen-bond acceptors (Lipinski definition) is 15. The lowest BCUT2D eigenvalue weighted by atomic mass is 9.99. The van der Waals surface area contributed by atoms with Gasteiger partial charge >= 0.3 is 0 Å². The number of hydrogen-bond donors (Lipinski definition) is 9. The second kappa shape index (κ2) is 11.6. The molecule has 0 amide bonds. The summed E-state index contributed by atoms with van der Waals surface area (Å²) < 4.78 is 28.0. The maximum Gasteiger partial charge on any atom is 0.239 e. The van der Waals surface area contributed by atoms with E-state index in [-0.39, 0.29) is 28.4 Å². The molecule has 0 unspecified atom stereocenters. The summed E-state index contributed by atoms with van der Waals surface area (Å²) in [6, 6.07) is 7.53. The van der Waals surface area contributed by atoms with Crippen LogP contribution in [0.25, 0.3) is 22.3 Å². The molecule has 2 fully saturated rings. The molecule has 228 valence electrons. The van der Waals surface area contributed by atoms with E-state index in [9.17, 15) is 50.8 Å². The van der Waals surface area contributed by atoms with Gasteiger partial charge in [-0.1, -0.05) is 0 Å². The van der Waals surface area contributed by atoms with E-state index in [0.29, 0.717) is 0 Å². The summed E-state index contributed by atoms with van der Waals surface area (Å²) >= 11 is 0. The van der Waals surface area contributed by atoms with E-state index < -0.39 is 90.3 Å². The van der Waals surface area contributed by atoms with Crippen LogP contribution in [0.4, 0.5) is 0 Å². The fourth-order valence-electron chi connectivity index (χ4n) is 4.76. The number of rotatable bonds is 6. The van der Waals surface area contributed by atoms with Gasteiger partial charge in [0.1, 0.15) is 70.9 Å². The zero-order valence-corrected chi connectivity index (χ0v) is 21.9. The van der Waals surface area contributed by atoms with Crippen molar-refractivity contribution in [1.29, 1.82) is 0 Å². The highest BCUT2D eigenvalue weighted by molar-refractivity contribution is 5.88. The summed E-state index contributed by atoms with van der Waals surface area (Å²) in [5.41, 5.74) is -0.968. The van der Waals surface area contributed by atoms with Crippen LogP contribution in [-0.2, 0) is 9.47 Å². The van der Waals surface area contributed by atoms with Crippen molar-refractivity contribution in [2.24, 2.45) is 0 Å². The molecule has 2 saturated heterocycles. The number of aliphatic hydroxyl groups excluding tert-OH is 7. The summed E-state index contributed by atoms with van der Waals surface area (Å²) in [7, 11) is 0. The molecular weight excluding hydrogens is 564 g/mol. The first kappa shape index (κ1) is 30.0. The highest BCUT2D eigenvalue weighted by Crippen LogP contribution is 2.38. The first-order valence-electron chi connectivity index (χ1n) is 12.9. The van der Waals surface area contributed by atoms with Gasteiger partial charge in [-0.2, -0.15) is 0 Å². The third-order valence-corrected chi connectivity index (χ3v) is 7.18. The van der Waals surface area contributed by atoms with Crippen molar-refractivity contribution in [2.45, 2.75) is 68.3 Å². The van der Waals surface area contributed by atoms with Crippen LogP contribution in [0.3, 0.4) is 0 Å². The standard InChI is InChI=1S/C27H30O15/c1-9-17(31)20(34)22(36)26(38-9)42-25-19(33)16-13(30)6-12(39-27-23(37)21(35)18(32)15(8-28)41-27)7-14(16)40-24(25)10-2-4-11(29)5-3-10/h2-7,9,15,17-18,20-23,26-32,34-37H,8H2,1H3/t9-,15-,17+,18-,20-,21+,22-,23-,26+,27+/m1/s1. The molecule has 15 heteroatoms. The largest absolute Gasteiger partial charge is 0.508 e. The number of aliphatic hydroxyl groups is 7. The smallest absolute Gasteiger partial charge is 0.239 e. The predicted molar refractivity (Wildman–Crippen MR) is 139 cm³/mol. The fraction of sp³-hybridized carbons (Fsp3) is 0.444. The zero-order chi connectivity index (χ0) is 30.5. The van der Waals surface area contributed by atoms with E-state index >= 15 is 0 Å². The first-order valence-corrected chi connectivity index (χ1v) is 12.9. The maximum atomic E-state index is 13.7. The highest BCUT2D eigenvalue weighted by Gasteiger charge is 2.45. The molecule has 2 aliphatic heterocycles. The Balaban J connectivity index is 1.58. The molecule has 15 nitrogen and oxygen atoms in total. The van der Waals surface area contributed by atoms with Crippen LogP contribution in [0.5, 0.6) is 23.0 Å². The molecule has 0 saturated carbocycles. The molecule has 2 aromatic carbocycles. The lowest BCUT2D eigenvalue weighted by molar-refractivity contribution is -0.277. The van der Waals surface area contributed by atoms with E-state index in [2.05, 4.69) is 0 Å². The van der Waals surface area contributed by atoms with Crippen molar-refractivity contribution in [2.75, 3.05) is 6.61 Å². The zero-order valence-electron chi connectivity index (χ0n) is 21.9. The lowest BCUT2D eigenvalue weighted by Crippen LogP contribution is -2.60. The Hall–Kier alpha value is -3.51. The summed E-state index contributed by atoms with van der Waals surface area (Å²) in [4.78, 5) is 13.7. The second-order valence-electron chi connectivity index (χ2n) is 10.1. The van der Waals surface area contributed by atoms with E-state index in [1.807, 2.05) is 0 Å². The van der Waals surface area contributed by atoms with E-state index in [4.69, 9.17) is 23.4 Å². The van der Waals surface area contributed by atoms with Gasteiger partial charge in [-0.15, -0.1) is 0 Å². The van der Waals surface area contributed by atoms with Crippen molar-refractivity contribution >= 4 is 11.0 Å². The third-order valence-electron chi connectivity index (χ3n) is 7.18. The Labute approximate surface area is 236 Å². The number of phenols is 2. The van der Waals surface area contributed by atoms with Crippen LogP contribution in [-0.4, -0.2) is 114 Å². The van der Waals surface area contributed by atoms with Crippen molar-refractivity contribution in [3.8, 4) is 34.3 Å². The third kappa shape index (κ3) is 5.37. The normalized spacial score (nSPS) is 33.4. The molecule has 3 aromatic rings. The Morgan fingerprint density at radius 1 is 0.786 bits per heavy atom. The van der Waals surface area contributed by atoms with Crippen molar-refractivity contribution < 1.29 is 69.3 Å². The monoisotopic (exact) mass is 594 g/mol. The van der Waals surface area contributed by atoms with Gasteiger partial charge in [0.2, 0.25) is 23.8 Å². The van der Waals surface area contributed by atoms with Gasteiger partial charge in [0.25, 0.3) is 0 Å². The Morgan fingerprint density at radius 3 is 2.05 bits per heavy atom. The average Bonchev–Trinajstić information content (AvgIpc) is 2.96. The summed E-state index contributed by atoms with van der Waals surface area (Å²) in [5.74, 6) is -1.74. The van der Waals surface area contributed by atoms with Crippen LogP contribution in [0.2, 0.25) is 0 Å². The van der Waals surface area contributed by atoms with E-state index in [1.165, 1.54) is 37.3 Å². The van der Waals surface area contributed by atoms with Crippen molar-refractivity contribution in [3.63, 3.8) is 0 Å². The molecule has 2 aliphatic rings. The van der Waals surface area contributed by atoms with E-state index in [0.717, 1.165) is 6.07 Å². The Morgan fingerprint density at radius 2 is 1.40 bits per heavy atom. The first-order chi connectivity index (χ1) is 19.9. The van der Waals surface area contributed by atoms with E-state index in [1.54, 1.807) is 0 Å². The second-order valence-corrected chi connectivity index (χ2v) is 10.1. The number of ether oxygens (including phenoxy) is 4.